The van der Waals surface area contributed by atoms with Gasteiger partial charge in [0.05, 0.1) is 0 Å². The Balaban J connectivity index is 0.00000127. The highest BCUT2D eigenvalue weighted by molar-refractivity contribution is 4.84. The van der Waals surface area contributed by atoms with Gasteiger partial charge in [-0.25, -0.2) is 0 Å². The average Bonchev–Trinajstić information content (AvgIpc) is 2.58. The minimum absolute atomic E-state index is 0.689. The minimum Gasteiger partial charge on any atom is -0.304 e. The zero-order valence-corrected chi connectivity index (χ0v) is 16.9. The summed E-state index contributed by atoms with van der Waals surface area (Å²) in [7, 11) is 2.28. The van der Waals surface area contributed by atoms with Crippen LogP contribution in [0.4, 0.5) is 0 Å². The van der Waals surface area contributed by atoms with Crippen LogP contribution < -0.4 is 0 Å². The van der Waals surface area contributed by atoms with E-state index in [1.807, 2.05) is 13.8 Å². The Morgan fingerprint density at radius 1 is 0.957 bits per heavy atom. The van der Waals surface area contributed by atoms with E-state index in [1.54, 1.807) is 0 Å². The van der Waals surface area contributed by atoms with Crippen molar-refractivity contribution in [2.75, 3.05) is 46.3 Å². The monoisotopic (exact) mass is 325 g/mol. The van der Waals surface area contributed by atoms with Crippen molar-refractivity contribution in [1.82, 2.24) is 14.7 Å². The van der Waals surface area contributed by atoms with Crippen LogP contribution in [-0.4, -0.2) is 73.1 Å². The molecule has 23 heavy (non-hydrogen) atoms. The molecule has 1 aliphatic heterocycles. The SMILES string of the molecule is CC.CCCN1CCN(C2CCC(CN(C)C(C)C)CC2)CC1. The molecule has 2 aliphatic rings. The lowest BCUT2D eigenvalue weighted by molar-refractivity contribution is 0.0653. The highest BCUT2D eigenvalue weighted by atomic mass is 15.3. The molecular weight excluding hydrogens is 282 g/mol. The largest absolute Gasteiger partial charge is 0.304 e. The minimum atomic E-state index is 0.689. The molecule has 0 atom stereocenters. The molecule has 3 nitrogen and oxygen atoms in total. The molecule has 2 rings (SSSR count). The summed E-state index contributed by atoms with van der Waals surface area (Å²) in [4.78, 5) is 7.95. The maximum absolute atomic E-state index is 2.79. The zero-order valence-electron chi connectivity index (χ0n) is 16.9. The first-order chi connectivity index (χ1) is 11.1. The Hall–Kier alpha value is -0.120. The van der Waals surface area contributed by atoms with Crippen molar-refractivity contribution in [2.24, 2.45) is 5.92 Å². The van der Waals surface area contributed by atoms with Gasteiger partial charge in [-0.3, -0.25) is 4.90 Å². The molecule has 138 valence electrons. The number of nitrogens with zero attached hydrogens (tertiary/aromatic N) is 3. The molecule has 0 spiro atoms. The summed E-state index contributed by atoms with van der Waals surface area (Å²) in [6.07, 6.45) is 7.05. The van der Waals surface area contributed by atoms with Crippen molar-refractivity contribution in [2.45, 2.75) is 78.8 Å². The second-order valence-corrected chi connectivity index (χ2v) is 7.59. The molecule has 0 radical (unpaired) electrons. The first-order valence-electron chi connectivity index (χ1n) is 10.3. The standard InChI is InChI=1S/C18H37N3.C2H6/c1-5-10-20-11-13-21(14-12-20)18-8-6-17(7-9-18)15-19(4)16(2)3;1-2/h16-18H,5-15H2,1-4H3;1-2H3. The lowest BCUT2D eigenvalue weighted by Crippen LogP contribution is -2.51. The van der Waals surface area contributed by atoms with Gasteiger partial charge in [0.2, 0.25) is 0 Å². The summed E-state index contributed by atoms with van der Waals surface area (Å²) in [6, 6.07) is 1.57. The summed E-state index contributed by atoms with van der Waals surface area (Å²) in [6.45, 7) is 18.7. The Bertz CT molecular complexity index is 277. The summed E-state index contributed by atoms with van der Waals surface area (Å²) in [5.74, 6) is 0.940. The van der Waals surface area contributed by atoms with E-state index in [-0.39, 0.29) is 0 Å². The predicted octanol–water partition coefficient (Wildman–Crippen LogP) is 3.94. The van der Waals surface area contributed by atoms with Crippen LogP contribution in [0.1, 0.15) is 66.7 Å². The second-order valence-electron chi connectivity index (χ2n) is 7.59. The molecule has 1 saturated carbocycles. The van der Waals surface area contributed by atoms with Crippen molar-refractivity contribution >= 4 is 0 Å². The smallest absolute Gasteiger partial charge is 0.0113 e. The summed E-state index contributed by atoms with van der Waals surface area (Å²) < 4.78 is 0. The average molecular weight is 326 g/mol. The number of hydrogen-bond acceptors (Lipinski definition) is 3. The van der Waals surface area contributed by atoms with Crippen molar-refractivity contribution in [3.8, 4) is 0 Å². The van der Waals surface area contributed by atoms with Crippen LogP contribution >= 0.6 is 0 Å². The van der Waals surface area contributed by atoms with E-state index in [4.69, 9.17) is 0 Å². The summed E-state index contributed by atoms with van der Waals surface area (Å²) in [5.41, 5.74) is 0. The van der Waals surface area contributed by atoms with Gasteiger partial charge in [0.25, 0.3) is 0 Å². The Kier molecular flexibility index (Phi) is 10.4. The highest BCUT2D eigenvalue weighted by Crippen LogP contribution is 2.29. The molecular formula is C20H43N3. The van der Waals surface area contributed by atoms with E-state index in [0.29, 0.717) is 6.04 Å². The van der Waals surface area contributed by atoms with Crippen LogP contribution in [0.15, 0.2) is 0 Å². The van der Waals surface area contributed by atoms with E-state index < -0.39 is 0 Å². The lowest BCUT2D eigenvalue weighted by Gasteiger charge is -2.42. The van der Waals surface area contributed by atoms with E-state index in [1.165, 1.54) is 71.4 Å². The van der Waals surface area contributed by atoms with E-state index in [2.05, 4.69) is 42.5 Å². The predicted molar refractivity (Wildman–Crippen MR) is 103 cm³/mol. The van der Waals surface area contributed by atoms with Gasteiger partial charge < -0.3 is 9.80 Å². The van der Waals surface area contributed by atoms with E-state index in [9.17, 15) is 0 Å². The fourth-order valence-electron chi connectivity index (χ4n) is 3.98. The number of piperazine rings is 1. The van der Waals surface area contributed by atoms with Crippen molar-refractivity contribution in [1.29, 1.82) is 0 Å². The third-order valence-electron chi connectivity index (χ3n) is 5.71. The molecule has 0 aromatic rings. The maximum atomic E-state index is 2.79. The normalized spacial score (nSPS) is 27.1. The molecule has 0 amide bonds. The van der Waals surface area contributed by atoms with Gasteiger partial charge in [-0.1, -0.05) is 20.8 Å². The summed E-state index contributed by atoms with van der Waals surface area (Å²) >= 11 is 0. The quantitative estimate of drug-likeness (QED) is 0.732. The van der Waals surface area contributed by atoms with Crippen LogP contribution in [0.2, 0.25) is 0 Å². The highest BCUT2D eigenvalue weighted by Gasteiger charge is 2.28. The van der Waals surface area contributed by atoms with E-state index >= 15 is 0 Å². The molecule has 3 heteroatoms. The van der Waals surface area contributed by atoms with E-state index in [0.717, 1.165) is 12.0 Å². The molecule has 1 aliphatic carbocycles. The third-order valence-corrected chi connectivity index (χ3v) is 5.71. The topological polar surface area (TPSA) is 9.72 Å². The van der Waals surface area contributed by atoms with Crippen molar-refractivity contribution in [3.05, 3.63) is 0 Å². The van der Waals surface area contributed by atoms with Gasteiger partial charge in [-0.15, -0.1) is 0 Å². The van der Waals surface area contributed by atoms with Gasteiger partial charge in [-0.2, -0.15) is 0 Å². The first-order valence-corrected chi connectivity index (χ1v) is 10.3. The van der Waals surface area contributed by atoms with Crippen LogP contribution in [0, 0.1) is 5.92 Å². The molecule has 0 bridgehead atoms. The number of rotatable bonds is 6. The zero-order chi connectivity index (χ0) is 17.2. The van der Waals surface area contributed by atoms with Crippen LogP contribution in [-0.2, 0) is 0 Å². The maximum Gasteiger partial charge on any atom is 0.0113 e. The fraction of sp³-hybridized carbons (Fsp3) is 1.00. The van der Waals surface area contributed by atoms with Crippen LogP contribution in [0.5, 0.6) is 0 Å². The first kappa shape index (κ1) is 20.9. The van der Waals surface area contributed by atoms with Gasteiger partial charge >= 0.3 is 0 Å². The molecule has 1 saturated heterocycles. The van der Waals surface area contributed by atoms with Gasteiger partial charge in [-0.05, 0) is 65.5 Å². The van der Waals surface area contributed by atoms with Crippen LogP contribution in [0.25, 0.3) is 0 Å². The summed E-state index contributed by atoms with van der Waals surface area (Å²) in [5, 5.41) is 0. The molecule has 0 unspecified atom stereocenters. The van der Waals surface area contributed by atoms with Crippen molar-refractivity contribution < 1.29 is 0 Å². The van der Waals surface area contributed by atoms with Gasteiger partial charge in [0, 0.05) is 44.8 Å². The molecule has 0 aromatic heterocycles. The van der Waals surface area contributed by atoms with Crippen molar-refractivity contribution in [3.63, 3.8) is 0 Å². The fourth-order valence-corrected chi connectivity index (χ4v) is 3.98. The molecule has 0 N–H and O–H groups in total. The number of hydrogen-bond donors (Lipinski definition) is 0. The van der Waals surface area contributed by atoms with Gasteiger partial charge in [0.15, 0.2) is 0 Å². The Morgan fingerprint density at radius 3 is 2.00 bits per heavy atom. The lowest BCUT2D eigenvalue weighted by atomic mass is 9.84. The Morgan fingerprint density at radius 2 is 1.52 bits per heavy atom. The molecule has 0 aromatic carbocycles. The third kappa shape index (κ3) is 7.11. The second kappa shape index (κ2) is 11.4. The van der Waals surface area contributed by atoms with Gasteiger partial charge in [0.1, 0.15) is 0 Å². The van der Waals surface area contributed by atoms with Crippen LogP contribution in [0.3, 0.4) is 0 Å². The Labute approximate surface area is 146 Å². The molecule has 2 fully saturated rings. The molecule has 1 heterocycles.